The van der Waals surface area contributed by atoms with Crippen LogP contribution in [0.5, 0.6) is 0 Å². The summed E-state index contributed by atoms with van der Waals surface area (Å²) in [5.74, 6) is -0.0836. The molecule has 6 heteroatoms. The number of hydrogen-bond acceptors (Lipinski definition) is 4. The Morgan fingerprint density at radius 3 is 2.24 bits per heavy atom. The molecule has 0 aliphatic heterocycles. The highest BCUT2D eigenvalue weighted by Gasteiger charge is 2.36. The average Bonchev–Trinajstić information content (AvgIpc) is 3.10. The van der Waals surface area contributed by atoms with Crippen molar-refractivity contribution >= 4 is 34.7 Å². The van der Waals surface area contributed by atoms with E-state index in [4.69, 9.17) is 9.47 Å². The molecule has 0 saturated heterocycles. The molecule has 1 aliphatic carbocycles. The van der Waals surface area contributed by atoms with Crippen LogP contribution in [0, 0.1) is 9.49 Å². The molecule has 0 bridgehead atoms. The van der Waals surface area contributed by atoms with E-state index in [1.165, 1.54) is 0 Å². The molecule has 0 N–H and O–H groups in total. The molecule has 29 heavy (non-hydrogen) atoms. The number of carbonyl (C=O) groups excluding carboxylic acids is 2. The lowest BCUT2D eigenvalue weighted by molar-refractivity contribution is -0.156. The minimum absolute atomic E-state index is 0.0315. The van der Waals surface area contributed by atoms with Gasteiger partial charge >= 0.3 is 12.1 Å². The highest BCUT2D eigenvalue weighted by Crippen LogP contribution is 2.25. The number of hydrogen-bond donors (Lipinski definition) is 0. The zero-order valence-corrected chi connectivity index (χ0v) is 20.4. The quantitative estimate of drug-likeness (QED) is 0.334. The number of carbonyl (C=O) groups is 2. The summed E-state index contributed by atoms with van der Waals surface area (Å²) in [5, 5.41) is 0. The summed E-state index contributed by atoms with van der Waals surface area (Å²) in [6.45, 7) is 9.91. The third-order valence-corrected chi connectivity index (χ3v) is 5.54. The van der Waals surface area contributed by atoms with Crippen molar-refractivity contribution in [2.24, 2.45) is 5.92 Å². The van der Waals surface area contributed by atoms with E-state index in [0.717, 1.165) is 34.8 Å². The van der Waals surface area contributed by atoms with Crippen LogP contribution in [-0.2, 0) is 20.8 Å². The van der Waals surface area contributed by atoms with Crippen molar-refractivity contribution in [1.29, 1.82) is 0 Å². The summed E-state index contributed by atoms with van der Waals surface area (Å²) in [6.07, 6.45) is 4.01. The van der Waals surface area contributed by atoms with Crippen molar-refractivity contribution in [1.82, 2.24) is 4.90 Å². The molecule has 0 heterocycles. The Labute approximate surface area is 188 Å². The first-order valence-electron chi connectivity index (χ1n) is 10.5. The molecule has 0 aromatic heterocycles. The van der Waals surface area contributed by atoms with Gasteiger partial charge in [-0.25, -0.2) is 9.59 Å². The standard InChI is InChI=1S/C23H34INO4/c1-16(2)14-20(21(26)28-19-8-6-7-9-19)25(22(27)29-23(3,4)5)15-17-10-12-18(24)13-11-17/h10-13,16,19-20H,6-9,14-15H2,1-5H3/t20-/m0/s1. The second-order valence-corrected chi connectivity index (χ2v) is 10.5. The third kappa shape index (κ3) is 8.15. The Morgan fingerprint density at radius 2 is 1.72 bits per heavy atom. The molecule has 1 aromatic carbocycles. The Bertz CT molecular complexity index is 675. The first-order valence-corrected chi connectivity index (χ1v) is 11.6. The number of amides is 1. The molecular formula is C23H34INO4. The summed E-state index contributed by atoms with van der Waals surface area (Å²) >= 11 is 2.25. The molecule has 0 unspecified atom stereocenters. The Kier molecular flexibility index (Phi) is 8.79. The smallest absolute Gasteiger partial charge is 0.411 e. The lowest BCUT2D eigenvalue weighted by Gasteiger charge is -2.33. The van der Waals surface area contributed by atoms with Gasteiger partial charge in [0.1, 0.15) is 17.7 Å². The normalized spacial score (nSPS) is 16.0. The van der Waals surface area contributed by atoms with Gasteiger partial charge in [-0.2, -0.15) is 0 Å². The van der Waals surface area contributed by atoms with Crippen molar-refractivity contribution in [2.75, 3.05) is 0 Å². The van der Waals surface area contributed by atoms with Crippen molar-refractivity contribution in [3.63, 3.8) is 0 Å². The molecular weight excluding hydrogens is 481 g/mol. The number of benzene rings is 1. The first kappa shape index (κ1) is 24.0. The van der Waals surface area contributed by atoms with E-state index in [9.17, 15) is 9.59 Å². The fourth-order valence-corrected chi connectivity index (χ4v) is 3.81. The van der Waals surface area contributed by atoms with Gasteiger partial charge in [0.05, 0.1) is 0 Å². The third-order valence-electron chi connectivity index (χ3n) is 4.82. The molecule has 1 saturated carbocycles. The topological polar surface area (TPSA) is 55.8 Å². The van der Waals surface area contributed by atoms with E-state index in [-0.39, 0.29) is 18.0 Å². The Balaban J connectivity index is 2.28. The minimum atomic E-state index is -0.662. The van der Waals surface area contributed by atoms with Crippen molar-refractivity contribution in [2.45, 2.75) is 91.0 Å². The summed E-state index contributed by atoms with van der Waals surface area (Å²) < 4.78 is 12.6. The van der Waals surface area contributed by atoms with Gasteiger partial charge in [0.25, 0.3) is 0 Å². The zero-order valence-electron chi connectivity index (χ0n) is 18.2. The van der Waals surface area contributed by atoms with Gasteiger partial charge in [-0.15, -0.1) is 0 Å². The van der Waals surface area contributed by atoms with Gasteiger partial charge in [0.2, 0.25) is 0 Å². The molecule has 162 valence electrons. The van der Waals surface area contributed by atoms with E-state index in [2.05, 4.69) is 22.6 Å². The highest BCUT2D eigenvalue weighted by molar-refractivity contribution is 14.1. The number of nitrogens with zero attached hydrogens (tertiary/aromatic N) is 1. The van der Waals surface area contributed by atoms with Gasteiger partial charge in [-0.3, -0.25) is 4.90 Å². The maximum absolute atomic E-state index is 13.1. The van der Waals surface area contributed by atoms with Gasteiger partial charge < -0.3 is 9.47 Å². The summed E-state index contributed by atoms with van der Waals surface area (Å²) in [4.78, 5) is 27.8. The van der Waals surface area contributed by atoms with Gasteiger partial charge in [0, 0.05) is 10.1 Å². The minimum Gasteiger partial charge on any atom is -0.461 e. The number of esters is 1. The molecule has 1 fully saturated rings. The SMILES string of the molecule is CC(C)C[C@@H](C(=O)OC1CCCC1)N(Cc1ccc(I)cc1)C(=O)OC(C)(C)C. The molecule has 0 spiro atoms. The molecule has 1 aromatic rings. The predicted molar refractivity (Wildman–Crippen MR) is 123 cm³/mol. The lowest BCUT2D eigenvalue weighted by atomic mass is 10.0. The molecule has 1 aliphatic rings. The highest BCUT2D eigenvalue weighted by atomic mass is 127. The van der Waals surface area contributed by atoms with Crippen LogP contribution >= 0.6 is 22.6 Å². The van der Waals surface area contributed by atoms with Crippen LogP contribution in [0.3, 0.4) is 0 Å². The van der Waals surface area contributed by atoms with E-state index in [1.54, 1.807) is 4.90 Å². The van der Waals surface area contributed by atoms with Crippen LogP contribution < -0.4 is 0 Å². The van der Waals surface area contributed by atoms with Crippen LogP contribution in [0.4, 0.5) is 4.79 Å². The summed E-state index contributed by atoms with van der Waals surface area (Å²) in [7, 11) is 0. The fraction of sp³-hybridized carbons (Fsp3) is 0.652. The van der Waals surface area contributed by atoms with Crippen LogP contribution in [0.2, 0.25) is 0 Å². The van der Waals surface area contributed by atoms with E-state index >= 15 is 0 Å². The maximum Gasteiger partial charge on any atom is 0.411 e. The van der Waals surface area contributed by atoms with Crippen molar-refractivity contribution in [3.05, 3.63) is 33.4 Å². The zero-order chi connectivity index (χ0) is 21.6. The van der Waals surface area contributed by atoms with E-state index in [0.29, 0.717) is 13.0 Å². The largest absolute Gasteiger partial charge is 0.461 e. The average molecular weight is 515 g/mol. The second kappa shape index (κ2) is 10.6. The number of ether oxygens (including phenoxy) is 2. The van der Waals surface area contributed by atoms with E-state index in [1.807, 2.05) is 58.9 Å². The van der Waals surface area contributed by atoms with E-state index < -0.39 is 17.7 Å². The Morgan fingerprint density at radius 1 is 1.14 bits per heavy atom. The Hall–Kier alpha value is -1.31. The van der Waals surface area contributed by atoms with Crippen LogP contribution in [-0.4, -0.2) is 34.7 Å². The van der Waals surface area contributed by atoms with Gasteiger partial charge in [-0.05, 0) is 99.1 Å². The summed E-state index contributed by atoms with van der Waals surface area (Å²) in [5.41, 5.74) is 0.317. The second-order valence-electron chi connectivity index (χ2n) is 9.22. The molecule has 0 radical (unpaired) electrons. The lowest BCUT2D eigenvalue weighted by Crippen LogP contribution is -2.48. The monoisotopic (exact) mass is 515 g/mol. The maximum atomic E-state index is 13.1. The number of rotatable bonds is 7. The predicted octanol–water partition coefficient (Wildman–Crippen LogP) is 5.93. The molecule has 5 nitrogen and oxygen atoms in total. The van der Waals surface area contributed by atoms with Crippen molar-refractivity contribution < 1.29 is 19.1 Å². The fourth-order valence-electron chi connectivity index (χ4n) is 3.46. The molecule has 1 amide bonds. The van der Waals surface area contributed by atoms with Gasteiger partial charge in [0.15, 0.2) is 0 Å². The molecule has 2 rings (SSSR count). The van der Waals surface area contributed by atoms with Gasteiger partial charge in [-0.1, -0.05) is 26.0 Å². The number of halogens is 1. The molecule has 1 atom stereocenters. The van der Waals surface area contributed by atoms with Crippen LogP contribution in [0.15, 0.2) is 24.3 Å². The summed E-state index contributed by atoms with van der Waals surface area (Å²) in [6, 6.07) is 7.29. The van der Waals surface area contributed by atoms with Crippen LogP contribution in [0.25, 0.3) is 0 Å². The van der Waals surface area contributed by atoms with Crippen LogP contribution in [0.1, 0.15) is 72.3 Å². The van der Waals surface area contributed by atoms with Crippen molar-refractivity contribution in [3.8, 4) is 0 Å². The first-order chi connectivity index (χ1) is 13.5.